The zero-order chi connectivity index (χ0) is 13.4. The lowest BCUT2D eigenvalue weighted by Crippen LogP contribution is -1.95. The van der Waals surface area contributed by atoms with E-state index in [0.29, 0.717) is 5.02 Å². The molecule has 0 amide bonds. The molecule has 0 bridgehead atoms. The lowest BCUT2D eigenvalue weighted by molar-refractivity contribution is 0.276. The fourth-order valence-corrected chi connectivity index (χ4v) is 2.44. The zero-order valence-electron chi connectivity index (χ0n) is 10.5. The maximum absolute atomic E-state index is 9.64. The predicted octanol–water partition coefficient (Wildman–Crippen LogP) is 3.46. The van der Waals surface area contributed by atoms with E-state index >= 15 is 0 Å². The molecule has 1 aromatic carbocycles. The van der Waals surface area contributed by atoms with Gasteiger partial charge in [0.1, 0.15) is 5.65 Å². The first kappa shape index (κ1) is 12.2. The van der Waals surface area contributed by atoms with E-state index in [0.717, 1.165) is 28.2 Å². The minimum atomic E-state index is -0.0782. The second-order valence-corrected chi connectivity index (χ2v) is 4.89. The molecule has 3 nitrogen and oxygen atoms in total. The SMILES string of the molecule is Cc1ccc2nc(-c3ccccc3Cl)c(CO)n2c1. The number of aryl methyl sites for hydroxylation is 1. The van der Waals surface area contributed by atoms with Gasteiger partial charge in [-0.05, 0) is 24.6 Å². The van der Waals surface area contributed by atoms with Crippen molar-refractivity contribution < 1.29 is 5.11 Å². The Kier molecular flexibility index (Phi) is 3.01. The maximum Gasteiger partial charge on any atom is 0.137 e. The van der Waals surface area contributed by atoms with Gasteiger partial charge in [0.25, 0.3) is 0 Å². The van der Waals surface area contributed by atoms with Crippen LogP contribution >= 0.6 is 11.6 Å². The molecule has 0 unspecified atom stereocenters. The number of aliphatic hydroxyl groups excluding tert-OH is 1. The van der Waals surface area contributed by atoms with Crippen molar-refractivity contribution in [3.05, 3.63) is 58.9 Å². The van der Waals surface area contributed by atoms with Gasteiger partial charge in [0.05, 0.1) is 23.0 Å². The van der Waals surface area contributed by atoms with E-state index in [9.17, 15) is 5.11 Å². The zero-order valence-corrected chi connectivity index (χ0v) is 11.2. The quantitative estimate of drug-likeness (QED) is 0.776. The molecule has 0 saturated heterocycles. The Morgan fingerprint density at radius 1 is 1.21 bits per heavy atom. The van der Waals surface area contributed by atoms with Crippen molar-refractivity contribution in [1.29, 1.82) is 0 Å². The molecule has 0 aliphatic carbocycles. The van der Waals surface area contributed by atoms with Crippen LogP contribution in [0.3, 0.4) is 0 Å². The van der Waals surface area contributed by atoms with Crippen molar-refractivity contribution in [2.24, 2.45) is 0 Å². The third-order valence-electron chi connectivity index (χ3n) is 3.14. The first-order valence-corrected chi connectivity index (χ1v) is 6.42. The Morgan fingerprint density at radius 2 is 2.00 bits per heavy atom. The number of fused-ring (bicyclic) bond motifs is 1. The molecule has 19 heavy (non-hydrogen) atoms. The van der Waals surface area contributed by atoms with E-state index in [4.69, 9.17) is 11.6 Å². The first-order chi connectivity index (χ1) is 9.20. The van der Waals surface area contributed by atoms with Gasteiger partial charge in [-0.25, -0.2) is 4.98 Å². The highest BCUT2D eigenvalue weighted by atomic mass is 35.5. The van der Waals surface area contributed by atoms with E-state index in [1.165, 1.54) is 0 Å². The summed E-state index contributed by atoms with van der Waals surface area (Å²) in [6, 6.07) is 11.5. The van der Waals surface area contributed by atoms with Gasteiger partial charge in [-0.1, -0.05) is 35.9 Å². The van der Waals surface area contributed by atoms with Crippen molar-refractivity contribution in [2.75, 3.05) is 0 Å². The molecule has 0 atom stereocenters. The third-order valence-corrected chi connectivity index (χ3v) is 3.47. The number of pyridine rings is 1. The molecule has 3 rings (SSSR count). The number of nitrogens with zero attached hydrogens (tertiary/aromatic N) is 2. The second kappa shape index (κ2) is 4.68. The molecule has 2 aromatic heterocycles. The molecular formula is C15H13ClN2O. The minimum Gasteiger partial charge on any atom is -0.390 e. The van der Waals surface area contributed by atoms with Gasteiger partial charge in [0, 0.05) is 11.8 Å². The fourth-order valence-electron chi connectivity index (χ4n) is 2.22. The van der Waals surface area contributed by atoms with Crippen LogP contribution in [0.15, 0.2) is 42.6 Å². The van der Waals surface area contributed by atoms with Crippen LogP contribution in [0, 0.1) is 6.92 Å². The van der Waals surface area contributed by atoms with Crippen LogP contribution in [0.1, 0.15) is 11.3 Å². The number of imidazole rings is 1. The Balaban J connectivity index is 2.33. The third kappa shape index (κ3) is 2.01. The maximum atomic E-state index is 9.64. The van der Waals surface area contributed by atoms with Crippen molar-refractivity contribution in [1.82, 2.24) is 9.38 Å². The van der Waals surface area contributed by atoms with Crippen molar-refractivity contribution >= 4 is 17.2 Å². The summed E-state index contributed by atoms with van der Waals surface area (Å²) >= 11 is 6.22. The standard InChI is InChI=1S/C15H13ClN2O/c1-10-6-7-14-17-15(13(9-19)18(14)8-10)11-4-2-3-5-12(11)16/h2-8,19H,9H2,1H3. The molecule has 0 spiro atoms. The van der Waals surface area contributed by atoms with E-state index < -0.39 is 0 Å². The van der Waals surface area contributed by atoms with Crippen molar-refractivity contribution in [3.63, 3.8) is 0 Å². The van der Waals surface area contributed by atoms with Gasteiger partial charge in [-0.15, -0.1) is 0 Å². The van der Waals surface area contributed by atoms with Gasteiger partial charge in [-0.2, -0.15) is 0 Å². The summed E-state index contributed by atoms with van der Waals surface area (Å²) in [5.41, 5.74) is 4.26. The molecule has 1 N–H and O–H groups in total. The Morgan fingerprint density at radius 3 is 2.74 bits per heavy atom. The summed E-state index contributed by atoms with van der Waals surface area (Å²) in [7, 11) is 0. The summed E-state index contributed by atoms with van der Waals surface area (Å²) in [5, 5.41) is 10.3. The Labute approximate surface area is 116 Å². The smallest absolute Gasteiger partial charge is 0.137 e. The normalized spacial score (nSPS) is 11.1. The largest absolute Gasteiger partial charge is 0.390 e. The van der Waals surface area contributed by atoms with E-state index in [-0.39, 0.29) is 6.61 Å². The molecular weight excluding hydrogens is 260 g/mol. The number of rotatable bonds is 2. The first-order valence-electron chi connectivity index (χ1n) is 6.04. The number of halogens is 1. The lowest BCUT2D eigenvalue weighted by atomic mass is 10.1. The Hall–Kier alpha value is -1.84. The summed E-state index contributed by atoms with van der Waals surface area (Å²) < 4.78 is 1.91. The van der Waals surface area contributed by atoms with E-state index in [1.54, 1.807) is 0 Å². The highest BCUT2D eigenvalue weighted by Crippen LogP contribution is 2.30. The average Bonchev–Trinajstić information content (AvgIpc) is 2.76. The van der Waals surface area contributed by atoms with Crippen LogP contribution < -0.4 is 0 Å². The van der Waals surface area contributed by atoms with Gasteiger partial charge in [-0.3, -0.25) is 0 Å². The summed E-state index contributed by atoms with van der Waals surface area (Å²) in [6.07, 6.45) is 1.97. The van der Waals surface area contributed by atoms with Gasteiger partial charge < -0.3 is 9.51 Å². The van der Waals surface area contributed by atoms with Crippen LogP contribution in [0.25, 0.3) is 16.9 Å². The van der Waals surface area contributed by atoms with E-state index in [2.05, 4.69) is 4.98 Å². The molecule has 0 aliphatic rings. The topological polar surface area (TPSA) is 37.5 Å². The molecule has 0 fully saturated rings. The summed E-state index contributed by atoms with van der Waals surface area (Å²) in [6.45, 7) is 1.93. The average molecular weight is 273 g/mol. The van der Waals surface area contributed by atoms with Gasteiger partial charge >= 0.3 is 0 Å². The molecule has 0 aliphatic heterocycles. The lowest BCUT2D eigenvalue weighted by Gasteiger charge is -2.04. The molecule has 4 heteroatoms. The van der Waals surface area contributed by atoms with Crippen LogP contribution in [-0.2, 0) is 6.61 Å². The van der Waals surface area contributed by atoms with Crippen LogP contribution in [0.2, 0.25) is 5.02 Å². The predicted molar refractivity (Wildman–Crippen MR) is 76.3 cm³/mol. The van der Waals surface area contributed by atoms with E-state index in [1.807, 2.05) is 53.9 Å². The number of hydrogen-bond donors (Lipinski definition) is 1. The number of aliphatic hydroxyl groups is 1. The monoisotopic (exact) mass is 272 g/mol. The van der Waals surface area contributed by atoms with Crippen molar-refractivity contribution in [2.45, 2.75) is 13.5 Å². The van der Waals surface area contributed by atoms with Crippen molar-refractivity contribution in [3.8, 4) is 11.3 Å². The molecule has 2 heterocycles. The van der Waals surface area contributed by atoms with Crippen LogP contribution in [-0.4, -0.2) is 14.5 Å². The summed E-state index contributed by atoms with van der Waals surface area (Å²) in [5.74, 6) is 0. The van der Waals surface area contributed by atoms with Gasteiger partial charge in [0.15, 0.2) is 0 Å². The number of hydrogen-bond acceptors (Lipinski definition) is 2. The van der Waals surface area contributed by atoms with Crippen LogP contribution in [0.4, 0.5) is 0 Å². The molecule has 96 valence electrons. The highest BCUT2D eigenvalue weighted by molar-refractivity contribution is 6.33. The fraction of sp³-hybridized carbons (Fsp3) is 0.133. The second-order valence-electron chi connectivity index (χ2n) is 4.48. The molecule has 0 radical (unpaired) electrons. The van der Waals surface area contributed by atoms with Crippen LogP contribution in [0.5, 0.6) is 0 Å². The highest BCUT2D eigenvalue weighted by Gasteiger charge is 2.15. The summed E-state index contributed by atoms with van der Waals surface area (Å²) in [4.78, 5) is 4.57. The Bertz CT molecular complexity index is 749. The number of aromatic nitrogens is 2. The van der Waals surface area contributed by atoms with Gasteiger partial charge in [0.2, 0.25) is 0 Å². The number of benzene rings is 1. The molecule has 0 saturated carbocycles. The molecule has 3 aromatic rings. The minimum absolute atomic E-state index is 0.0782.